The molecule has 5 fully saturated rings. The number of alkyl halides is 3. The van der Waals surface area contributed by atoms with Gasteiger partial charge in [0.15, 0.2) is 0 Å². The third-order valence-corrected chi connectivity index (χ3v) is 9.46. The Balaban J connectivity index is 1.14. The molecule has 0 amide bonds. The maximum atomic E-state index is 13.2. The Bertz CT molecular complexity index is 978. The van der Waals surface area contributed by atoms with Crippen molar-refractivity contribution in [3.63, 3.8) is 0 Å². The summed E-state index contributed by atoms with van der Waals surface area (Å²) >= 11 is 0. The molecule has 1 aromatic rings. The predicted molar refractivity (Wildman–Crippen MR) is 120 cm³/mol. The van der Waals surface area contributed by atoms with Gasteiger partial charge in [-0.2, -0.15) is 13.2 Å². The summed E-state index contributed by atoms with van der Waals surface area (Å²) in [6.45, 7) is 7.83. The van der Waals surface area contributed by atoms with Gasteiger partial charge in [0.05, 0.1) is 17.1 Å². The summed E-state index contributed by atoms with van der Waals surface area (Å²) in [5, 5.41) is 0. The van der Waals surface area contributed by atoms with Gasteiger partial charge in [0.1, 0.15) is 11.7 Å². The fourth-order valence-electron chi connectivity index (χ4n) is 7.61. The van der Waals surface area contributed by atoms with Crippen molar-refractivity contribution in [2.75, 3.05) is 37.6 Å². The van der Waals surface area contributed by atoms with Crippen LogP contribution in [0.15, 0.2) is 24.3 Å². The Labute approximate surface area is 198 Å². The van der Waals surface area contributed by atoms with Crippen LogP contribution in [0, 0.1) is 23.7 Å². The Morgan fingerprint density at radius 1 is 1.09 bits per heavy atom. The highest BCUT2D eigenvalue weighted by molar-refractivity contribution is 5.77. The molecule has 34 heavy (non-hydrogen) atoms. The number of anilines is 1. The molecule has 3 heterocycles. The standard InChI is InChI=1S/C26H33F3N2O3/c1-16-6-7-21-19(22(32)33-25(21)20(16)8-9-24(2)23(25)34-24)15-30-10-12-31(13-11-30)18-5-3-4-17(14-18)26(27,28)29/h3-5,14,16,19-21,23H,6-13,15H2,1-2H3/t16-,19-,20-,21+,23+,24-,25-/m0/s1. The number of nitrogens with zero attached hydrogens (tertiary/aromatic N) is 2. The van der Waals surface area contributed by atoms with Gasteiger partial charge in [0.25, 0.3) is 0 Å². The second-order valence-corrected chi connectivity index (χ2v) is 11.3. The van der Waals surface area contributed by atoms with Gasteiger partial charge in [-0.25, -0.2) is 0 Å². The molecule has 3 saturated heterocycles. The average Bonchev–Trinajstić information content (AvgIpc) is 3.43. The molecule has 1 aromatic carbocycles. The molecular weight excluding hydrogens is 445 g/mol. The summed E-state index contributed by atoms with van der Waals surface area (Å²) < 4.78 is 51.9. The predicted octanol–water partition coefficient (Wildman–Crippen LogP) is 4.35. The van der Waals surface area contributed by atoms with Crippen molar-refractivity contribution >= 4 is 11.7 Å². The van der Waals surface area contributed by atoms with Crippen LogP contribution in [-0.4, -0.2) is 60.9 Å². The minimum atomic E-state index is -4.34. The Morgan fingerprint density at radius 2 is 1.85 bits per heavy atom. The van der Waals surface area contributed by atoms with Crippen LogP contribution in [0.25, 0.3) is 0 Å². The zero-order valence-corrected chi connectivity index (χ0v) is 19.8. The van der Waals surface area contributed by atoms with Gasteiger partial charge in [-0.15, -0.1) is 0 Å². The molecule has 2 saturated carbocycles. The highest BCUT2D eigenvalue weighted by Crippen LogP contribution is 2.66. The van der Waals surface area contributed by atoms with Crippen molar-refractivity contribution in [2.45, 2.75) is 63.0 Å². The number of rotatable bonds is 3. The summed E-state index contributed by atoms with van der Waals surface area (Å²) in [7, 11) is 0. The van der Waals surface area contributed by atoms with E-state index < -0.39 is 17.3 Å². The number of ether oxygens (including phenoxy) is 2. The minimum absolute atomic E-state index is 0.0261. The summed E-state index contributed by atoms with van der Waals surface area (Å²) in [6.07, 6.45) is -0.100. The van der Waals surface area contributed by atoms with Crippen molar-refractivity contribution in [1.29, 1.82) is 0 Å². The number of hydrogen-bond acceptors (Lipinski definition) is 5. The number of benzene rings is 1. The van der Waals surface area contributed by atoms with Crippen molar-refractivity contribution in [3.8, 4) is 0 Å². The fraction of sp³-hybridized carbons (Fsp3) is 0.731. The molecule has 0 unspecified atom stereocenters. The molecule has 3 aliphatic heterocycles. The topological polar surface area (TPSA) is 45.3 Å². The van der Waals surface area contributed by atoms with Crippen LogP contribution in [0.5, 0.6) is 0 Å². The van der Waals surface area contributed by atoms with Crippen molar-refractivity contribution in [2.24, 2.45) is 23.7 Å². The van der Waals surface area contributed by atoms with Gasteiger partial charge in [-0.3, -0.25) is 9.69 Å². The monoisotopic (exact) mass is 478 g/mol. The van der Waals surface area contributed by atoms with E-state index in [9.17, 15) is 18.0 Å². The van der Waals surface area contributed by atoms with Crippen LogP contribution in [0.1, 0.15) is 45.1 Å². The number of hydrogen-bond donors (Lipinski definition) is 0. The molecule has 1 spiro atoms. The van der Waals surface area contributed by atoms with Gasteiger partial charge in [0.2, 0.25) is 0 Å². The second-order valence-electron chi connectivity index (χ2n) is 11.3. The van der Waals surface area contributed by atoms with E-state index in [4.69, 9.17) is 9.47 Å². The third kappa shape index (κ3) is 3.39. The van der Waals surface area contributed by atoms with Crippen molar-refractivity contribution < 1.29 is 27.4 Å². The van der Waals surface area contributed by atoms with Crippen molar-refractivity contribution in [1.82, 2.24) is 4.90 Å². The molecular formula is C26H33F3N2O3. The van der Waals surface area contributed by atoms with Crippen LogP contribution < -0.4 is 4.90 Å². The first kappa shape index (κ1) is 22.7. The maximum absolute atomic E-state index is 13.2. The normalized spacial score (nSPS) is 42.0. The van der Waals surface area contributed by atoms with Crippen LogP contribution in [0.3, 0.4) is 0 Å². The van der Waals surface area contributed by atoms with Gasteiger partial charge >= 0.3 is 12.1 Å². The average molecular weight is 479 g/mol. The molecule has 186 valence electrons. The zero-order valence-electron chi connectivity index (χ0n) is 19.8. The SMILES string of the molecule is C[C@H]1CC[C@@H]2[C@H](CN3CCN(c4cccc(C(F)(F)F)c4)CC3)C(=O)O[C@@]23[C@H]1CC[C@]1(C)O[C@@H]31. The number of fused-ring (bicyclic) bond motifs is 1. The van der Waals surface area contributed by atoms with E-state index in [0.717, 1.165) is 44.8 Å². The quantitative estimate of drug-likeness (QED) is 0.478. The maximum Gasteiger partial charge on any atom is 0.416 e. The van der Waals surface area contributed by atoms with Crippen LogP contribution in [-0.2, 0) is 20.4 Å². The third-order valence-electron chi connectivity index (χ3n) is 9.46. The van der Waals surface area contributed by atoms with Crippen LogP contribution in [0.4, 0.5) is 18.9 Å². The number of epoxide rings is 1. The highest BCUT2D eigenvalue weighted by Gasteiger charge is 2.77. The van der Waals surface area contributed by atoms with Gasteiger partial charge in [-0.1, -0.05) is 13.0 Å². The molecule has 8 heteroatoms. The summed E-state index contributed by atoms with van der Waals surface area (Å²) in [5.41, 5.74) is -0.622. The number of piperazine rings is 1. The molecule has 5 nitrogen and oxygen atoms in total. The molecule has 0 N–H and O–H groups in total. The first-order valence-corrected chi connectivity index (χ1v) is 12.7. The molecule has 0 radical (unpaired) electrons. The lowest BCUT2D eigenvalue weighted by molar-refractivity contribution is -0.168. The molecule has 7 atom stereocenters. The van der Waals surface area contributed by atoms with Gasteiger partial charge in [-0.05, 0) is 56.7 Å². The van der Waals surface area contributed by atoms with Crippen molar-refractivity contribution in [3.05, 3.63) is 29.8 Å². The summed E-state index contributed by atoms with van der Waals surface area (Å²) in [6, 6.07) is 5.55. The lowest BCUT2D eigenvalue weighted by atomic mass is 9.55. The van der Waals surface area contributed by atoms with Crippen LogP contribution >= 0.6 is 0 Å². The Hall–Kier alpha value is -1.80. The highest BCUT2D eigenvalue weighted by atomic mass is 19.4. The lowest BCUT2D eigenvalue weighted by Gasteiger charge is -2.50. The Kier molecular flexibility index (Phi) is 5.06. The van der Waals surface area contributed by atoms with Gasteiger partial charge < -0.3 is 14.4 Å². The molecule has 6 rings (SSSR count). The number of carbonyl (C=O) groups excluding carboxylic acids is 1. The molecule has 0 bridgehead atoms. The van der Waals surface area contributed by atoms with Gasteiger partial charge in [0, 0.05) is 50.2 Å². The summed E-state index contributed by atoms with van der Waals surface area (Å²) in [5.74, 6) is 0.867. The van der Waals surface area contributed by atoms with E-state index in [2.05, 4.69) is 18.7 Å². The molecule has 0 aromatic heterocycles. The molecule has 2 aliphatic carbocycles. The van der Waals surface area contributed by atoms with E-state index in [1.165, 1.54) is 12.1 Å². The Morgan fingerprint density at radius 3 is 2.59 bits per heavy atom. The largest absolute Gasteiger partial charge is 0.455 e. The van der Waals surface area contributed by atoms with E-state index in [0.29, 0.717) is 37.2 Å². The van der Waals surface area contributed by atoms with Crippen LogP contribution in [0.2, 0.25) is 0 Å². The van der Waals surface area contributed by atoms with E-state index >= 15 is 0 Å². The first-order valence-electron chi connectivity index (χ1n) is 12.7. The first-order chi connectivity index (χ1) is 16.1. The minimum Gasteiger partial charge on any atom is -0.455 e. The fourth-order valence-corrected chi connectivity index (χ4v) is 7.61. The summed E-state index contributed by atoms with van der Waals surface area (Å²) in [4.78, 5) is 17.5. The van der Waals surface area contributed by atoms with E-state index in [1.807, 2.05) is 4.90 Å². The van der Waals surface area contributed by atoms with E-state index in [-0.39, 0.29) is 29.5 Å². The molecule has 5 aliphatic rings. The van der Waals surface area contributed by atoms with E-state index in [1.54, 1.807) is 6.07 Å². The lowest BCUT2D eigenvalue weighted by Crippen LogP contribution is -2.58. The number of esters is 1. The smallest absolute Gasteiger partial charge is 0.416 e. The zero-order chi connectivity index (χ0) is 23.9. The second kappa shape index (κ2) is 7.60. The number of halogens is 3. The number of carbonyl (C=O) groups is 1.